The molecule has 3 unspecified atom stereocenters. The quantitative estimate of drug-likeness (QED) is 0.643. The molecule has 2 bridgehead atoms. The molecule has 2 aliphatic carbocycles. The van der Waals surface area contributed by atoms with Crippen LogP contribution in [-0.4, -0.2) is 63.4 Å². The van der Waals surface area contributed by atoms with Crippen LogP contribution in [0.25, 0.3) is 0 Å². The van der Waals surface area contributed by atoms with Gasteiger partial charge in [-0.2, -0.15) is 0 Å². The third-order valence-corrected chi connectivity index (χ3v) is 6.85. The van der Waals surface area contributed by atoms with E-state index in [1.165, 1.54) is 0 Å². The second kappa shape index (κ2) is 4.38. The molecule has 2 aliphatic heterocycles. The van der Waals surface area contributed by atoms with Crippen molar-refractivity contribution in [2.24, 2.45) is 0 Å². The van der Waals surface area contributed by atoms with Crippen LogP contribution in [0.5, 0.6) is 5.75 Å². The molecule has 1 saturated heterocycles. The smallest absolute Gasteiger partial charge is 0.177 e. The third kappa shape index (κ3) is 1.34. The molecule has 5 atom stereocenters. The molecule has 0 radical (unpaired) electrons. The molecular weight excluding hydrogens is 310 g/mol. The minimum Gasteiger partial charge on any atom is -0.481 e. The van der Waals surface area contributed by atoms with E-state index < -0.39 is 23.2 Å². The number of carbonyl (C=O) groups is 1. The summed E-state index contributed by atoms with van der Waals surface area (Å²) in [6.45, 7) is 0.555. The van der Waals surface area contributed by atoms with Crippen LogP contribution in [0, 0.1) is 0 Å². The van der Waals surface area contributed by atoms with Crippen molar-refractivity contribution in [1.82, 2.24) is 4.90 Å². The highest BCUT2D eigenvalue weighted by Crippen LogP contribution is 2.63. The summed E-state index contributed by atoms with van der Waals surface area (Å²) >= 11 is 0. The number of piperidine rings is 1. The SMILES string of the molecule is CN1CCC23c4c5ccc(CO)c4O[C@H]2C(=O)CC(O)[C@@]3(O)C1C5. The first-order valence-electron chi connectivity index (χ1n) is 8.51. The van der Waals surface area contributed by atoms with Crippen LogP contribution in [0.15, 0.2) is 12.1 Å². The number of Topliss-reactive ketones (excluding diaryl/α,β-unsaturated/α-hetero) is 1. The van der Waals surface area contributed by atoms with Gasteiger partial charge in [0.2, 0.25) is 0 Å². The van der Waals surface area contributed by atoms with Crippen LogP contribution in [0.2, 0.25) is 0 Å². The van der Waals surface area contributed by atoms with E-state index >= 15 is 0 Å². The predicted octanol–water partition coefficient (Wildman–Crippen LogP) is -0.497. The summed E-state index contributed by atoms with van der Waals surface area (Å²) in [5.74, 6) is 0.382. The molecule has 6 heteroatoms. The van der Waals surface area contributed by atoms with Gasteiger partial charge >= 0.3 is 0 Å². The van der Waals surface area contributed by atoms with Crippen molar-refractivity contribution >= 4 is 5.78 Å². The van der Waals surface area contributed by atoms with Crippen LogP contribution in [-0.2, 0) is 23.2 Å². The van der Waals surface area contributed by atoms with E-state index in [0.717, 1.165) is 17.7 Å². The van der Waals surface area contributed by atoms with Crippen LogP contribution < -0.4 is 4.74 Å². The zero-order valence-corrected chi connectivity index (χ0v) is 13.5. The second-order valence-corrected chi connectivity index (χ2v) is 7.68. The van der Waals surface area contributed by atoms with Gasteiger partial charge < -0.3 is 25.0 Å². The van der Waals surface area contributed by atoms with Crippen LogP contribution in [0.3, 0.4) is 0 Å². The number of likely N-dealkylation sites (tertiary alicyclic amines) is 1. The lowest BCUT2D eigenvalue weighted by molar-refractivity contribution is -0.226. The molecule has 5 rings (SSSR count). The van der Waals surface area contributed by atoms with E-state index in [2.05, 4.69) is 4.90 Å². The van der Waals surface area contributed by atoms with Gasteiger partial charge in [0.25, 0.3) is 0 Å². The Hall–Kier alpha value is -1.47. The van der Waals surface area contributed by atoms with Gasteiger partial charge in [-0.25, -0.2) is 0 Å². The first-order chi connectivity index (χ1) is 11.4. The maximum atomic E-state index is 12.7. The second-order valence-electron chi connectivity index (χ2n) is 7.68. The minimum absolute atomic E-state index is 0.0922. The van der Waals surface area contributed by atoms with Crippen molar-refractivity contribution in [2.45, 2.75) is 55.1 Å². The monoisotopic (exact) mass is 331 g/mol. The van der Waals surface area contributed by atoms with Gasteiger partial charge in [-0.1, -0.05) is 12.1 Å². The molecular formula is C18H21NO5. The molecule has 1 aromatic carbocycles. The number of likely N-dealkylation sites (N-methyl/N-ethyl adjacent to an activating group) is 1. The minimum atomic E-state index is -1.41. The lowest BCUT2D eigenvalue weighted by Crippen LogP contribution is -2.80. The van der Waals surface area contributed by atoms with Crippen LogP contribution >= 0.6 is 0 Å². The summed E-state index contributed by atoms with van der Waals surface area (Å²) in [5, 5.41) is 32.2. The van der Waals surface area contributed by atoms with E-state index in [0.29, 0.717) is 24.2 Å². The molecule has 0 amide bonds. The number of aliphatic hydroxyl groups is 3. The maximum absolute atomic E-state index is 12.7. The zero-order chi connectivity index (χ0) is 16.9. The van der Waals surface area contributed by atoms with Gasteiger partial charge in [0.1, 0.15) is 11.4 Å². The maximum Gasteiger partial charge on any atom is 0.177 e. The average molecular weight is 331 g/mol. The van der Waals surface area contributed by atoms with Gasteiger partial charge in [-0.3, -0.25) is 4.79 Å². The number of hydrogen-bond donors (Lipinski definition) is 3. The summed E-state index contributed by atoms with van der Waals surface area (Å²) in [5.41, 5.74) is 0.211. The number of nitrogens with zero attached hydrogens (tertiary/aromatic N) is 1. The number of benzene rings is 1. The summed E-state index contributed by atoms with van der Waals surface area (Å²) in [7, 11) is 1.96. The number of hydrogen-bond acceptors (Lipinski definition) is 6. The molecule has 24 heavy (non-hydrogen) atoms. The average Bonchev–Trinajstić information content (AvgIpc) is 2.91. The highest BCUT2D eigenvalue weighted by Gasteiger charge is 2.75. The van der Waals surface area contributed by atoms with Crippen molar-refractivity contribution in [3.8, 4) is 5.75 Å². The fourth-order valence-corrected chi connectivity index (χ4v) is 5.78. The van der Waals surface area contributed by atoms with Crippen molar-refractivity contribution in [3.63, 3.8) is 0 Å². The van der Waals surface area contributed by atoms with Gasteiger partial charge in [-0.05, 0) is 32.0 Å². The van der Waals surface area contributed by atoms with E-state index in [9.17, 15) is 20.1 Å². The van der Waals surface area contributed by atoms with Crippen molar-refractivity contribution < 1.29 is 24.9 Å². The van der Waals surface area contributed by atoms with Crippen molar-refractivity contribution in [2.75, 3.05) is 13.6 Å². The van der Waals surface area contributed by atoms with E-state index in [1.54, 1.807) is 0 Å². The normalized spacial score (nSPS) is 42.7. The van der Waals surface area contributed by atoms with E-state index in [1.807, 2.05) is 19.2 Å². The Labute approximate surface area is 139 Å². The molecule has 1 spiro atoms. The first kappa shape index (κ1) is 14.8. The van der Waals surface area contributed by atoms with Crippen LogP contribution in [0.4, 0.5) is 0 Å². The predicted molar refractivity (Wildman–Crippen MR) is 83.8 cm³/mol. The molecule has 3 N–H and O–H groups in total. The molecule has 0 aromatic heterocycles. The van der Waals surface area contributed by atoms with Crippen LogP contribution in [0.1, 0.15) is 29.5 Å². The van der Waals surface area contributed by atoms with E-state index in [4.69, 9.17) is 4.74 Å². The Morgan fingerprint density at radius 1 is 1.38 bits per heavy atom. The molecule has 1 saturated carbocycles. The number of carbonyl (C=O) groups excluding carboxylic acids is 1. The third-order valence-electron chi connectivity index (χ3n) is 6.85. The Morgan fingerprint density at radius 3 is 2.92 bits per heavy atom. The molecule has 128 valence electrons. The topological polar surface area (TPSA) is 90.2 Å². The van der Waals surface area contributed by atoms with Gasteiger partial charge in [0, 0.05) is 23.6 Å². The largest absolute Gasteiger partial charge is 0.481 e. The molecule has 4 aliphatic rings. The Morgan fingerprint density at radius 2 is 2.17 bits per heavy atom. The molecule has 2 fully saturated rings. The van der Waals surface area contributed by atoms with Crippen molar-refractivity contribution in [3.05, 3.63) is 28.8 Å². The molecule has 6 nitrogen and oxygen atoms in total. The van der Waals surface area contributed by atoms with Crippen molar-refractivity contribution in [1.29, 1.82) is 0 Å². The Kier molecular flexibility index (Phi) is 2.71. The summed E-state index contributed by atoms with van der Waals surface area (Å²) < 4.78 is 6.06. The van der Waals surface area contributed by atoms with Gasteiger partial charge in [0.15, 0.2) is 11.9 Å². The fourth-order valence-electron chi connectivity index (χ4n) is 5.78. The highest BCUT2D eigenvalue weighted by atomic mass is 16.5. The Balaban J connectivity index is 1.87. The summed E-state index contributed by atoms with van der Waals surface area (Å²) in [4.78, 5) is 14.8. The number of aliphatic hydroxyl groups excluding tert-OH is 2. The molecule has 2 heterocycles. The van der Waals surface area contributed by atoms with Gasteiger partial charge in [-0.15, -0.1) is 0 Å². The summed E-state index contributed by atoms with van der Waals surface area (Å²) in [6, 6.07) is 3.55. The number of ketones is 1. The molecule has 1 aromatic rings. The first-order valence-corrected chi connectivity index (χ1v) is 8.51. The lowest BCUT2D eigenvalue weighted by Gasteiger charge is -2.63. The summed E-state index contributed by atoms with van der Waals surface area (Å²) in [6.07, 6.45) is -0.813. The Bertz CT molecular complexity index is 764. The van der Waals surface area contributed by atoms with Gasteiger partial charge in [0.05, 0.1) is 18.1 Å². The zero-order valence-electron chi connectivity index (χ0n) is 13.5. The standard InChI is InChI=1S/C18H21NO5/c1-19-5-4-17-14-9-2-3-10(8-20)15(14)24-16(17)11(21)7-13(22)18(17,23)12(19)6-9/h2-3,12-13,16,20,22-23H,4-8H2,1H3/t12?,13?,16-,17?,18-/m0/s1. The lowest BCUT2D eigenvalue weighted by atomic mass is 9.48. The fraction of sp³-hybridized carbons (Fsp3) is 0.611. The highest BCUT2D eigenvalue weighted by molar-refractivity contribution is 5.90. The van der Waals surface area contributed by atoms with E-state index in [-0.39, 0.29) is 24.9 Å². The number of ether oxygens (including phenoxy) is 1. The number of rotatable bonds is 1.